The van der Waals surface area contributed by atoms with Gasteiger partial charge in [0.2, 0.25) is 0 Å². The molecule has 0 saturated carbocycles. The Morgan fingerprint density at radius 2 is 0.944 bits per heavy atom. The van der Waals surface area contributed by atoms with Gasteiger partial charge in [0.1, 0.15) is 0 Å². The minimum atomic E-state index is -0.459. The predicted octanol–water partition coefficient (Wildman–Crippen LogP) is 9.46. The first-order valence-electron chi connectivity index (χ1n) is 13.2. The lowest BCUT2D eigenvalue weighted by Crippen LogP contribution is -2.20. The van der Waals surface area contributed by atoms with Crippen LogP contribution in [0.3, 0.4) is 0 Å². The molecule has 3 atom stereocenters. The van der Waals surface area contributed by atoms with E-state index in [1.54, 1.807) is 11.1 Å². The summed E-state index contributed by atoms with van der Waals surface area (Å²) in [6, 6.07) is 37.3. The zero-order valence-corrected chi connectivity index (χ0v) is 24.1. The van der Waals surface area contributed by atoms with E-state index >= 15 is 0 Å². The molecule has 0 amide bonds. The molecule has 0 N–H and O–H groups in total. The van der Waals surface area contributed by atoms with Crippen molar-refractivity contribution in [3.63, 3.8) is 0 Å². The van der Waals surface area contributed by atoms with E-state index in [2.05, 4.69) is 132 Å². The molecule has 1 fully saturated rings. The van der Waals surface area contributed by atoms with Crippen LogP contribution < -0.4 is 10.6 Å². The van der Waals surface area contributed by atoms with Crippen molar-refractivity contribution in [2.75, 3.05) is 0 Å². The van der Waals surface area contributed by atoms with Crippen LogP contribution in [-0.4, -0.2) is 5.40 Å². The maximum atomic E-state index is 2.59. The van der Waals surface area contributed by atoms with E-state index in [9.17, 15) is 0 Å². The summed E-state index contributed by atoms with van der Waals surface area (Å²) in [7, 11) is -0.752. The van der Waals surface area contributed by atoms with Crippen LogP contribution in [0.1, 0.15) is 64.5 Å². The van der Waals surface area contributed by atoms with E-state index < -0.39 is 7.92 Å². The van der Waals surface area contributed by atoms with Crippen LogP contribution in [0.4, 0.5) is 0 Å². The van der Waals surface area contributed by atoms with Crippen LogP contribution in [0.5, 0.6) is 0 Å². The fraction of sp³-hybridized carbons (Fsp3) is 0.294. The van der Waals surface area contributed by atoms with E-state index in [0.29, 0.717) is 16.7 Å². The van der Waals surface area contributed by atoms with Gasteiger partial charge in [-0.1, -0.05) is 134 Å². The zero-order valence-electron chi connectivity index (χ0n) is 22.3. The molecule has 0 nitrogen and oxygen atoms in total. The monoisotopic (exact) mass is 508 g/mol. The Labute approximate surface area is 220 Å². The van der Waals surface area contributed by atoms with Gasteiger partial charge in [-0.3, -0.25) is 0 Å². The second kappa shape index (κ2) is 11.0. The summed E-state index contributed by atoms with van der Waals surface area (Å²) in [5.74, 6) is 0. The molecule has 184 valence electrons. The SMILES string of the molecule is Cc1cc(C)cc([C@@H]2CC[C@@H](c3cc(C)cc(C)c3)P2C(C)P(c2ccccc2)c2ccccc2)c1. The smallest absolute Gasteiger partial charge is 0.00570 e. The minimum absolute atomic E-state index is 0.293. The van der Waals surface area contributed by atoms with Gasteiger partial charge < -0.3 is 0 Å². The molecule has 0 aliphatic carbocycles. The summed E-state index contributed by atoms with van der Waals surface area (Å²) in [4.78, 5) is 0. The maximum Gasteiger partial charge on any atom is 0.00570 e. The third-order valence-electron chi connectivity index (χ3n) is 7.56. The Balaban J connectivity index is 1.65. The lowest BCUT2D eigenvalue weighted by molar-refractivity contribution is 0.764. The first-order valence-corrected chi connectivity index (χ1v) is 16.2. The zero-order chi connectivity index (χ0) is 25.2. The maximum absolute atomic E-state index is 2.59. The molecule has 1 heterocycles. The molecule has 1 aliphatic heterocycles. The van der Waals surface area contributed by atoms with Gasteiger partial charge in [0.25, 0.3) is 0 Å². The van der Waals surface area contributed by atoms with Gasteiger partial charge in [0, 0.05) is 16.7 Å². The molecule has 2 heteroatoms. The fourth-order valence-electron chi connectivity index (χ4n) is 6.33. The van der Waals surface area contributed by atoms with Gasteiger partial charge >= 0.3 is 0 Å². The molecule has 0 bridgehead atoms. The highest BCUT2D eigenvalue weighted by molar-refractivity contribution is 7.84. The number of rotatable bonds is 6. The summed E-state index contributed by atoms with van der Waals surface area (Å²) in [5, 5.41) is 3.65. The van der Waals surface area contributed by atoms with Crippen molar-refractivity contribution in [2.24, 2.45) is 0 Å². The van der Waals surface area contributed by atoms with E-state index in [4.69, 9.17) is 0 Å². The highest BCUT2D eigenvalue weighted by atomic mass is 31.2. The van der Waals surface area contributed by atoms with Crippen LogP contribution >= 0.6 is 15.8 Å². The third kappa shape index (κ3) is 5.37. The fourth-order valence-corrected chi connectivity index (χ4v) is 14.7. The Hall–Kier alpha value is -2.26. The second-order valence-electron chi connectivity index (χ2n) is 10.6. The van der Waals surface area contributed by atoms with Crippen LogP contribution in [-0.2, 0) is 0 Å². The van der Waals surface area contributed by atoms with Crippen molar-refractivity contribution < 1.29 is 0 Å². The second-order valence-corrected chi connectivity index (χ2v) is 16.4. The predicted molar refractivity (Wildman–Crippen MR) is 162 cm³/mol. The van der Waals surface area contributed by atoms with E-state index in [-0.39, 0.29) is 7.92 Å². The van der Waals surface area contributed by atoms with Crippen molar-refractivity contribution in [1.82, 2.24) is 0 Å². The quantitative estimate of drug-likeness (QED) is 0.228. The average Bonchev–Trinajstić information content (AvgIpc) is 3.30. The molecule has 0 aromatic heterocycles. The van der Waals surface area contributed by atoms with Gasteiger partial charge in [-0.05, 0) is 70.2 Å². The largest absolute Gasteiger partial charge is 0.0834 e. The molecule has 0 radical (unpaired) electrons. The Bertz CT molecular complexity index is 1170. The van der Waals surface area contributed by atoms with Gasteiger partial charge in [-0.25, -0.2) is 0 Å². The van der Waals surface area contributed by atoms with Crippen molar-refractivity contribution in [1.29, 1.82) is 0 Å². The van der Waals surface area contributed by atoms with E-state index in [1.165, 1.54) is 45.7 Å². The molecule has 0 spiro atoms. The molecular formula is C34H38P2. The molecule has 4 aromatic rings. The lowest BCUT2D eigenvalue weighted by Gasteiger charge is -2.38. The first kappa shape index (κ1) is 25.4. The van der Waals surface area contributed by atoms with Crippen molar-refractivity contribution in [3.05, 3.63) is 130 Å². The van der Waals surface area contributed by atoms with Gasteiger partial charge in [0.15, 0.2) is 0 Å². The van der Waals surface area contributed by atoms with Crippen molar-refractivity contribution in [3.8, 4) is 0 Å². The standard InChI is InChI=1S/C34H38P2/c1-24-18-25(2)21-29(20-24)33-16-17-34(30-22-26(3)19-27(4)23-30)36(33)28(5)35(31-12-8-6-9-13-31)32-14-10-7-11-15-32/h6-15,18-23,28,33-34H,16-17H2,1-5H3/t28?,33-,34-/m0/s1. The number of aryl methyl sites for hydroxylation is 4. The van der Waals surface area contributed by atoms with Gasteiger partial charge in [-0.15, -0.1) is 0 Å². The highest BCUT2D eigenvalue weighted by Gasteiger charge is 2.43. The normalized spacial score (nSPS) is 19.1. The van der Waals surface area contributed by atoms with E-state index in [0.717, 1.165) is 0 Å². The number of benzene rings is 4. The van der Waals surface area contributed by atoms with E-state index in [1.807, 2.05) is 0 Å². The molecule has 1 aliphatic rings. The van der Waals surface area contributed by atoms with Crippen LogP contribution in [0, 0.1) is 27.7 Å². The molecule has 1 unspecified atom stereocenters. The molecule has 1 saturated heterocycles. The summed E-state index contributed by atoms with van der Waals surface area (Å²) >= 11 is 0. The lowest BCUT2D eigenvalue weighted by atomic mass is 9.99. The third-order valence-corrected chi connectivity index (χ3v) is 14.9. The van der Waals surface area contributed by atoms with Crippen LogP contribution in [0.2, 0.25) is 0 Å². The molecule has 5 rings (SSSR count). The topological polar surface area (TPSA) is 0 Å². The highest BCUT2D eigenvalue weighted by Crippen LogP contribution is 2.77. The summed E-state index contributed by atoms with van der Waals surface area (Å²) < 4.78 is 0. The summed E-state index contributed by atoms with van der Waals surface area (Å²) in [5.41, 5.74) is 10.0. The summed E-state index contributed by atoms with van der Waals surface area (Å²) in [6.07, 6.45) is 2.59. The van der Waals surface area contributed by atoms with Crippen LogP contribution in [0.25, 0.3) is 0 Å². The van der Waals surface area contributed by atoms with Crippen molar-refractivity contribution in [2.45, 2.75) is 64.2 Å². The molecule has 4 aromatic carbocycles. The van der Waals surface area contributed by atoms with Gasteiger partial charge in [0.05, 0.1) is 0 Å². The van der Waals surface area contributed by atoms with Crippen LogP contribution in [0.15, 0.2) is 97.1 Å². The molecular weight excluding hydrogens is 470 g/mol. The Morgan fingerprint density at radius 3 is 1.31 bits per heavy atom. The molecule has 36 heavy (non-hydrogen) atoms. The average molecular weight is 509 g/mol. The first-order chi connectivity index (χ1) is 17.4. The number of hydrogen-bond acceptors (Lipinski definition) is 0. The minimum Gasteiger partial charge on any atom is -0.0834 e. The Kier molecular flexibility index (Phi) is 7.76. The van der Waals surface area contributed by atoms with Crippen molar-refractivity contribution >= 4 is 26.5 Å². The van der Waals surface area contributed by atoms with Gasteiger partial charge in [-0.2, -0.15) is 0 Å². The Morgan fingerprint density at radius 1 is 0.583 bits per heavy atom. The summed E-state index contributed by atoms with van der Waals surface area (Å²) in [6.45, 7) is 11.6. The number of hydrogen-bond donors (Lipinski definition) is 0.